The molecule has 4 N–H and O–H groups in total. The SMILES string of the molecule is CC(C)(CC(CP(C)(C)=O)C(C)(N)CC(C)(C)C(=O)O)C(=O)O. The zero-order chi connectivity index (χ0) is 18.9. The molecule has 0 radical (unpaired) electrons. The molecule has 2 atom stereocenters. The summed E-state index contributed by atoms with van der Waals surface area (Å²) < 4.78 is 12.3. The minimum absolute atomic E-state index is 0.176. The van der Waals surface area contributed by atoms with Gasteiger partial charge < -0.3 is 20.5 Å². The summed E-state index contributed by atoms with van der Waals surface area (Å²) in [6.07, 6.45) is 0.721. The number of aliphatic carboxylic acids is 2. The fourth-order valence-electron chi connectivity index (χ4n) is 2.91. The van der Waals surface area contributed by atoms with Crippen LogP contribution in [0.5, 0.6) is 0 Å². The Morgan fingerprint density at radius 2 is 1.39 bits per heavy atom. The predicted octanol–water partition coefficient (Wildman–Crippen LogP) is 2.94. The van der Waals surface area contributed by atoms with E-state index in [1.807, 2.05) is 0 Å². The lowest BCUT2D eigenvalue weighted by Crippen LogP contribution is -2.51. The normalized spacial score (nSPS) is 17.4. The van der Waals surface area contributed by atoms with Crippen LogP contribution in [0.2, 0.25) is 0 Å². The van der Waals surface area contributed by atoms with E-state index in [1.165, 1.54) is 0 Å². The fraction of sp³-hybridized carbons (Fsp3) is 0.875. The van der Waals surface area contributed by atoms with E-state index in [9.17, 15) is 24.4 Å². The van der Waals surface area contributed by atoms with E-state index >= 15 is 0 Å². The lowest BCUT2D eigenvalue weighted by atomic mass is 9.69. The molecule has 0 aromatic carbocycles. The first-order valence-electron chi connectivity index (χ1n) is 7.70. The van der Waals surface area contributed by atoms with Crippen LogP contribution in [0.25, 0.3) is 0 Å². The van der Waals surface area contributed by atoms with E-state index in [0.29, 0.717) is 6.16 Å². The van der Waals surface area contributed by atoms with E-state index in [2.05, 4.69) is 0 Å². The highest BCUT2D eigenvalue weighted by Crippen LogP contribution is 2.46. The standard InChI is InChI=1S/C16H32NO5P/c1-14(2,12(18)19)8-11(9-23(6,7)22)16(5,17)10-15(3,4)13(20)21/h11H,8-10,17H2,1-7H3,(H,18,19)(H,20,21). The zero-order valence-corrected chi connectivity index (χ0v) is 16.2. The van der Waals surface area contributed by atoms with Gasteiger partial charge in [-0.1, -0.05) is 0 Å². The first-order chi connectivity index (χ1) is 9.91. The van der Waals surface area contributed by atoms with Crippen LogP contribution in [0, 0.1) is 16.7 Å². The predicted molar refractivity (Wildman–Crippen MR) is 92.5 cm³/mol. The van der Waals surface area contributed by atoms with Gasteiger partial charge in [-0.3, -0.25) is 9.59 Å². The van der Waals surface area contributed by atoms with Crippen LogP contribution < -0.4 is 5.73 Å². The molecule has 0 aromatic heterocycles. The smallest absolute Gasteiger partial charge is 0.309 e. The number of carboxylic acid groups (broad SMARTS) is 2. The number of rotatable bonds is 9. The minimum atomic E-state index is -2.44. The molecule has 23 heavy (non-hydrogen) atoms. The summed E-state index contributed by atoms with van der Waals surface area (Å²) >= 11 is 0. The Morgan fingerprint density at radius 3 is 1.70 bits per heavy atom. The Kier molecular flexibility index (Phi) is 6.68. The molecule has 0 rings (SSSR count). The average Bonchev–Trinajstić information content (AvgIpc) is 2.23. The van der Waals surface area contributed by atoms with Gasteiger partial charge in [0.15, 0.2) is 0 Å². The van der Waals surface area contributed by atoms with Gasteiger partial charge in [0.25, 0.3) is 0 Å². The van der Waals surface area contributed by atoms with Crippen molar-refractivity contribution in [3.05, 3.63) is 0 Å². The van der Waals surface area contributed by atoms with Crippen LogP contribution in [0.3, 0.4) is 0 Å². The van der Waals surface area contributed by atoms with Crippen molar-refractivity contribution in [2.75, 3.05) is 19.5 Å². The summed E-state index contributed by atoms with van der Waals surface area (Å²) in [6, 6.07) is 0. The zero-order valence-electron chi connectivity index (χ0n) is 15.3. The van der Waals surface area contributed by atoms with E-state index in [4.69, 9.17) is 5.73 Å². The molecule has 0 saturated heterocycles. The molecule has 7 heteroatoms. The van der Waals surface area contributed by atoms with Gasteiger partial charge in [-0.15, -0.1) is 0 Å². The Morgan fingerprint density at radius 1 is 1.00 bits per heavy atom. The number of hydrogen-bond acceptors (Lipinski definition) is 4. The van der Waals surface area contributed by atoms with Crippen molar-refractivity contribution in [2.24, 2.45) is 22.5 Å². The van der Waals surface area contributed by atoms with Gasteiger partial charge in [0.1, 0.15) is 0 Å². The highest BCUT2D eigenvalue weighted by atomic mass is 31.2. The summed E-state index contributed by atoms with van der Waals surface area (Å²) in [5.41, 5.74) is 3.43. The maximum atomic E-state index is 12.3. The van der Waals surface area contributed by atoms with Crippen LogP contribution in [-0.2, 0) is 14.2 Å². The molecule has 2 unspecified atom stereocenters. The summed E-state index contributed by atoms with van der Waals surface area (Å²) in [5, 5.41) is 18.7. The minimum Gasteiger partial charge on any atom is -0.481 e. The van der Waals surface area contributed by atoms with E-state index in [0.717, 1.165) is 0 Å². The highest BCUT2D eigenvalue weighted by Gasteiger charge is 2.44. The molecule has 0 saturated carbocycles. The van der Waals surface area contributed by atoms with E-state index in [1.54, 1.807) is 47.9 Å². The molecule has 0 aliphatic carbocycles. The number of carboxylic acids is 2. The Bertz CT molecular complexity index is 505. The third-order valence-electron chi connectivity index (χ3n) is 4.33. The molecule has 136 valence electrons. The molecule has 0 aromatic rings. The second kappa shape index (κ2) is 6.94. The average molecular weight is 349 g/mol. The molecule has 6 nitrogen and oxygen atoms in total. The summed E-state index contributed by atoms with van der Waals surface area (Å²) in [5.74, 6) is -2.26. The van der Waals surface area contributed by atoms with E-state index < -0.39 is 35.4 Å². The van der Waals surface area contributed by atoms with Crippen molar-refractivity contribution in [1.82, 2.24) is 0 Å². The molecular weight excluding hydrogens is 317 g/mol. The number of hydrogen-bond donors (Lipinski definition) is 3. The highest BCUT2D eigenvalue weighted by molar-refractivity contribution is 7.62. The summed E-state index contributed by atoms with van der Waals surface area (Å²) in [6.45, 7) is 11.4. The third-order valence-corrected chi connectivity index (χ3v) is 5.65. The van der Waals surface area contributed by atoms with Crippen LogP contribution in [0.1, 0.15) is 47.5 Å². The Balaban J connectivity index is 5.62. The van der Waals surface area contributed by atoms with Crippen LogP contribution >= 0.6 is 7.14 Å². The third kappa shape index (κ3) is 7.05. The first-order valence-corrected chi connectivity index (χ1v) is 10.5. The van der Waals surface area contributed by atoms with E-state index in [-0.39, 0.29) is 18.8 Å². The number of carbonyl (C=O) groups is 2. The fourth-order valence-corrected chi connectivity index (χ4v) is 4.52. The van der Waals surface area contributed by atoms with Crippen molar-refractivity contribution in [3.63, 3.8) is 0 Å². The van der Waals surface area contributed by atoms with Crippen LogP contribution in [-0.4, -0.2) is 47.2 Å². The maximum absolute atomic E-state index is 12.3. The molecule has 0 bridgehead atoms. The largest absolute Gasteiger partial charge is 0.481 e. The Labute approximate surface area is 139 Å². The lowest BCUT2D eigenvalue weighted by molar-refractivity contribution is -0.150. The van der Waals surface area contributed by atoms with Crippen molar-refractivity contribution >= 4 is 19.1 Å². The van der Waals surface area contributed by atoms with Gasteiger partial charge in [-0.05, 0) is 66.7 Å². The van der Waals surface area contributed by atoms with Gasteiger partial charge in [-0.25, -0.2) is 0 Å². The van der Waals surface area contributed by atoms with Gasteiger partial charge in [-0.2, -0.15) is 0 Å². The van der Waals surface area contributed by atoms with Crippen LogP contribution in [0.4, 0.5) is 0 Å². The monoisotopic (exact) mass is 349 g/mol. The molecule has 0 aliphatic rings. The molecule has 0 spiro atoms. The van der Waals surface area contributed by atoms with Gasteiger partial charge >= 0.3 is 11.9 Å². The number of nitrogens with two attached hydrogens (primary N) is 1. The van der Waals surface area contributed by atoms with Gasteiger partial charge in [0, 0.05) is 11.7 Å². The summed E-state index contributed by atoms with van der Waals surface area (Å²) in [7, 11) is -2.44. The van der Waals surface area contributed by atoms with Crippen molar-refractivity contribution in [3.8, 4) is 0 Å². The molecule has 0 amide bonds. The van der Waals surface area contributed by atoms with Gasteiger partial charge in [0.2, 0.25) is 0 Å². The quantitative estimate of drug-likeness (QED) is 0.551. The lowest BCUT2D eigenvalue weighted by Gasteiger charge is -2.41. The first kappa shape index (κ1) is 22.1. The molecular formula is C16H32NO5P. The second-order valence-corrected chi connectivity index (χ2v) is 12.2. The maximum Gasteiger partial charge on any atom is 0.309 e. The van der Waals surface area contributed by atoms with Crippen LogP contribution in [0.15, 0.2) is 0 Å². The van der Waals surface area contributed by atoms with Crippen molar-refractivity contribution in [1.29, 1.82) is 0 Å². The second-order valence-electron chi connectivity index (χ2n) is 8.72. The van der Waals surface area contributed by atoms with Crippen molar-refractivity contribution in [2.45, 2.75) is 53.0 Å². The van der Waals surface area contributed by atoms with Crippen molar-refractivity contribution < 1.29 is 24.4 Å². The summed E-state index contributed by atoms with van der Waals surface area (Å²) in [4.78, 5) is 22.8. The molecule has 0 fully saturated rings. The molecule has 0 aliphatic heterocycles. The topological polar surface area (TPSA) is 118 Å². The molecule has 0 heterocycles. The van der Waals surface area contributed by atoms with Gasteiger partial charge in [0.05, 0.1) is 18.0 Å². The Hall–Kier alpha value is -0.870.